The van der Waals surface area contributed by atoms with Gasteiger partial charge in [0.25, 0.3) is 12.3 Å². The number of pyridine rings is 1. The van der Waals surface area contributed by atoms with Crippen molar-refractivity contribution in [2.75, 3.05) is 18.4 Å². The van der Waals surface area contributed by atoms with Gasteiger partial charge in [-0.25, -0.2) is 32.5 Å². The highest BCUT2D eigenvalue weighted by Crippen LogP contribution is 2.26. The van der Waals surface area contributed by atoms with Crippen molar-refractivity contribution in [2.45, 2.75) is 18.4 Å². The first-order valence-corrected chi connectivity index (χ1v) is 7.88. The van der Waals surface area contributed by atoms with Gasteiger partial charge in [0.05, 0.1) is 30.3 Å². The van der Waals surface area contributed by atoms with Gasteiger partial charge in [0.1, 0.15) is 17.6 Å². The zero-order valence-electron chi connectivity index (χ0n) is 13.3. The van der Waals surface area contributed by atoms with E-state index in [-0.39, 0.29) is 24.6 Å². The number of hydrogen-bond acceptors (Lipinski definition) is 5. The fraction of sp³-hybridized carbons (Fsp3) is 0.312. The topological polar surface area (TPSA) is 67.1 Å². The van der Waals surface area contributed by atoms with Gasteiger partial charge < -0.3 is 10.6 Å². The largest absolute Gasteiger partial charge is 0.360 e. The molecule has 0 spiro atoms. The molecule has 26 heavy (non-hydrogen) atoms. The number of aromatic nitrogens is 4. The third-order valence-corrected chi connectivity index (χ3v) is 4.19. The third kappa shape index (κ3) is 2.96. The molecule has 0 aromatic carbocycles. The Morgan fingerprint density at radius 2 is 2.08 bits per heavy atom. The molecule has 4 rings (SSSR count). The Hall–Kier alpha value is -2.75. The minimum Gasteiger partial charge on any atom is -0.360 e. The second kappa shape index (κ2) is 6.20. The number of halogens is 4. The molecule has 136 valence electrons. The van der Waals surface area contributed by atoms with E-state index >= 15 is 0 Å². The molecule has 0 aliphatic carbocycles. The van der Waals surface area contributed by atoms with Gasteiger partial charge in [-0.2, -0.15) is 0 Å². The summed E-state index contributed by atoms with van der Waals surface area (Å²) < 4.78 is 54.8. The van der Waals surface area contributed by atoms with Crippen LogP contribution >= 0.6 is 0 Å². The first kappa shape index (κ1) is 16.7. The Labute approximate surface area is 145 Å². The van der Waals surface area contributed by atoms with Crippen LogP contribution in [-0.2, 0) is 0 Å². The monoisotopic (exact) mass is 366 g/mol. The van der Waals surface area contributed by atoms with E-state index in [1.165, 1.54) is 23.0 Å². The summed E-state index contributed by atoms with van der Waals surface area (Å²) in [7, 11) is 0. The Bertz CT molecular complexity index is 941. The van der Waals surface area contributed by atoms with Gasteiger partial charge >= 0.3 is 0 Å². The summed E-state index contributed by atoms with van der Waals surface area (Å²) in [4.78, 5) is 12.1. The van der Waals surface area contributed by atoms with Gasteiger partial charge in [0.2, 0.25) is 0 Å². The van der Waals surface area contributed by atoms with E-state index in [0.29, 0.717) is 17.0 Å². The van der Waals surface area contributed by atoms with Crippen molar-refractivity contribution in [1.29, 1.82) is 0 Å². The fourth-order valence-electron chi connectivity index (χ4n) is 2.85. The van der Waals surface area contributed by atoms with E-state index in [2.05, 4.69) is 25.6 Å². The van der Waals surface area contributed by atoms with Crippen molar-refractivity contribution in [3.63, 3.8) is 0 Å². The van der Waals surface area contributed by atoms with Gasteiger partial charge in [0.15, 0.2) is 5.65 Å². The SMILES string of the molecule is FC(F)c1cn2c(-c3cccc(N[C@H]4CNCC4(F)F)n3)cnc2cn1. The molecule has 2 N–H and O–H groups in total. The van der Waals surface area contributed by atoms with Crippen LogP contribution in [0.5, 0.6) is 0 Å². The molecule has 1 saturated heterocycles. The van der Waals surface area contributed by atoms with Gasteiger partial charge in [-0.05, 0) is 12.1 Å². The first-order chi connectivity index (χ1) is 12.4. The predicted octanol–water partition coefficient (Wildman–Crippen LogP) is 2.75. The van der Waals surface area contributed by atoms with Crippen LogP contribution in [-0.4, -0.2) is 44.4 Å². The predicted molar refractivity (Wildman–Crippen MR) is 86.4 cm³/mol. The van der Waals surface area contributed by atoms with E-state index in [0.717, 1.165) is 0 Å². The third-order valence-electron chi connectivity index (χ3n) is 4.19. The molecular formula is C16H14F4N6. The van der Waals surface area contributed by atoms with Gasteiger partial charge in [-0.1, -0.05) is 6.07 Å². The summed E-state index contributed by atoms with van der Waals surface area (Å²) in [5.41, 5.74) is 0.881. The van der Waals surface area contributed by atoms with E-state index in [1.807, 2.05) is 0 Å². The smallest absolute Gasteiger partial charge is 0.281 e. The molecule has 0 amide bonds. The number of alkyl halides is 4. The van der Waals surface area contributed by atoms with Crippen molar-refractivity contribution in [3.8, 4) is 11.4 Å². The lowest BCUT2D eigenvalue weighted by molar-refractivity contribution is 0.0138. The van der Waals surface area contributed by atoms with Crippen LogP contribution in [0.15, 0.2) is 36.8 Å². The number of nitrogens with zero attached hydrogens (tertiary/aromatic N) is 4. The second-order valence-electron chi connectivity index (χ2n) is 5.98. The number of nitrogens with one attached hydrogen (secondary N) is 2. The Morgan fingerprint density at radius 3 is 2.81 bits per heavy atom. The number of anilines is 1. The van der Waals surface area contributed by atoms with Gasteiger partial charge in [0, 0.05) is 12.7 Å². The fourth-order valence-corrected chi connectivity index (χ4v) is 2.85. The Kier molecular flexibility index (Phi) is 3.98. The standard InChI is InChI=1S/C16H14F4N6/c17-15(18)10-7-26-11(4-23-14(26)6-22-10)9-2-1-3-13(24-9)25-12-5-21-8-16(12,19)20/h1-4,6-7,12,15,21H,5,8H2,(H,24,25)/t12-/m0/s1. The Morgan fingerprint density at radius 1 is 1.23 bits per heavy atom. The molecule has 6 nitrogen and oxygen atoms in total. The molecule has 1 aliphatic heterocycles. The minimum atomic E-state index is -2.88. The highest BCUT2D eigenvalue weighted by molar-refractivity contribution is 5.61. The lowest BCUT2D eigenvalue weighted by Gasteiger charge is -2.19. The second-order valence-corrected chi connectivity index (χ2v) is 5.98. The highest BCUT2D eigenvalue weighted by atomic mass is 19.3. The average Bonchev–Trinajstić information content (AvgIpc) is 3.18. The molecule has 10 heteroatoms. The maximum atomic E-state index is 13.8. The maximum Gasteiger partial charge on any atom is 0.281 e. The summed E-state index contributed by atoms with van der Waals surface area (Å²) in [6.45, 7) is -0.265. The number of imidazole rings is 1. The molecule has 1 atom stereocenters. The van der Waals surface area contributed by atoms with Crippen molar-refractivity contribution >= 4 is 11.5 Å². The van der Waals surface area contributed by atoms with Crippen molar-refractivity contribution in [2.24, 2.45) is 0 Å². The van der Waals surface area contributed by atoms with Gasteiger partial charge in [-0.15, -0.1) is 0 Å². The van der Waals surface area contributed by atoms with Crippen molar-refractivity contribution in [1.82, 2.24) is 24.7 Å². The van der Waals surface area contributed by atoms with E-state index in [4.69, 9.17) is 0 Å². The number of rotatable bonds is 4. The molecule has 1 fully saturated rings. The summed E-state index contributed by atoms with van der Waals surface area (Å²) in [5, 5.41) is 5.36. The zero-order valence-corrected chi connectivity index (χ0v) is 13.3. The average molecular weight is 366 g/mol. The Balaban J connectivity index is 1.68. The van der Waals surface area contributed by atoms with E-state index < -0.39 is 18.4 Å². The minimum absolute atomic E-state index is 0.123. The van der Waals surface area contributed by atoms with E-state index in [1.54, 1.807) is 18.2 Å². The van der Waals surface area contributed by atoms with Crippen LogP contribution < -0.4 is 10.6 Å². The maximum absolute atomic E-state index is 13.8. The molecule has 3 aromatic rings. The van der Waals surface area contributed by atoms with Crippen LogP contribution in [0.4, 0.5) is 23.4 Å². The van der Waals surface area contributed by atoms with Crippen LogP contribution in [0.2, 0.25) is 0 Å². The molecule has 4 heterocycles. The summed E-state index contributed by atoms with van der Waals surface area (Å²) >= 11 is 0. The lowest BCUT2D eigenvalue weighted by Crippen LogP contribution is -2.38. The molecular weight excluding hydrogens is 352 g/mol. The van der Waals surface area contributed by atoms with Crippen molar-refractivity contribution in [3.05, 3.63) is 42.5 Å². The van der Waals surface area contributed by atoms with Crippen molar-refractivity contribution < 1.29 is 17.6 Å². The lowest BCUT2D eigenvalue weighted by atomic mass is 10.2. The molecule has 0 bridgehead atoms. The quantitative estimate of drug-likeness (QED) is 0.695. The molecule has 0 radical (unpaired) electrons. The number of fused-ring (bicyclic) bond motifs is 1. The highest BCUT2D eigenvalue weighted by Gasteiger charge is 2.44. The van der Waals surface area contributed by atoms with Crippen LogP contribution in [0.1, 0.15) is 12.1 Å². The normalized spacial score (nSPS) is 19.3. The summed E-state index contributed by atoms with van der Waals surface area (Å²) in [6, 6.07) is 3.82. The van der Waals surface area contributed by atoms with Gasteiger partial charge in [-0.3, -0.25) is 4.40 Å². The number of hydrogen-bond donors (Lipinski definition) is 2. The van der Waals surface area contributed by atoms with Crippen LogP contribution in [0.3, 0.4) is 0 Å². The molecule has 1 aliphatic rings. The van der Waals surface area contributed by atoms with Crippen LogP contribution in [0, 0.1) is 0 Å². The summed E-state index contributed by atoms with van der Waals surface area (Å²) in [6.07, 6.45) is 1.20. The summed E-state index contributed by atoms with van der Waals surface area (Å²) in [5.74, 6) is -2.60. The molecule has 3 aromatic heterocycles. The molecule has 0 saturated carbocycles. The van der Waals surface area contributed by atoms with Crippen LogP contribution in [0.25, 0.3) is 17.0 Å². The van der Waals surface area contributed by atoms with E-state index in [9.17, 15) is 17.6 Å². The zero-order chi connectivity index (χ0) is 18.3. The first-order valence-electron chi connectivity index (χ1n) is 7.88. The molecule has 0 unspecified atom stereocenters.